The van der Waals surface area contributed by atoms with Gasteiger partial charge in [0, 0.05) is 18.4 Å². The summed E-state index contributed by atoms with van der Waals surface area (Å²) >= 11 is 0. The summed E-state index contributed by atoms with van der Waals surface area (Å²) in [7, 11) is 0. The fraction of sp³-hybridized carbons (Fsp3) is 0.947. The lowest BCUT2D eigenvalue weighted by Gasteiger charge is -2.65. The molecule has 0 aromatic heterocycles. The molecule has 5 aliphatic carbocycles. The highest BCUT2D eigenvalue weighted by atomic mass is 16.3. The average Bonchev–Trinajstić information content (AvgIpc) is 2.76. The van der Waals surface area contributed by atoms with Gasteiger partial charge in [0.1, 0.15) is 5.78 Å². The van der Waals surface area contributed by atoms with Gasteiger partial charge in [0.05, 0.1) is 5.60 Å². The summed E-state index contributed by atoms with van der Waals surface area (Å²) in [5, 5.41) is 21.3. The van der Waals surface area contributed by atoms with Gasteiger partial charge < -0.3 is 10.2 Å². The van der Waals surface area contributed by atoms with Crippen molar-refractivity contribution >= 4 is 5.78 Å². The van der Waals surface area contributed by atoms with Crippen molar-refractivity contribution in [3.05, 3.63) is 0 Å². The molecule has 124 valence electrons. The molecule has 5 fully saturated rings. The Morgan fingerprint density at radius 2 is 1.82 bits per heavy atom. The lowest BCUT2D eigenvalue weighted by atomic mass is 9.42. The minimum absolute atomic E-state index is 0.0673. The molecular weight excluding hydrogens is 276 g/mol. The molecule has 3 nitrogen and oxygen atoms in total. The van der Waals surface area contributed by atoms with Crippen LogP contribution in [0.5, 0.6) is 0 Å². The van der Waals surface area contributed by atoms with Crippen LogP contribution < -0.4 is 0 Å². The van der Waals surface area contributed by atoms with Gasteiger partial charge in [-0.2, -0.15) is 0 Å². The third kappa shape index (κ3) is 1.67. The maximum absolute atomic E-state index is 12.4. The van der Waals surface area contributed by atoms with Crippen molar-refractivity contribution in [2.75, 3.05) is 6.61 Å². The number of Topliss-reactive ketones (excluding diaryl/α,β-unsaturated/α-hetero) is 1. The van der Waals surface area contributed by atoms with E-state index in [0.717, 1.165) is 44.4 Å². The Morgan fingerprint density at radius 3 is 2.45 bits per heavy atom. The molecule has 0 aromatic rings. The number of hydrogen-bond donors (Lipinski definition) is 2. The van der Waals surface area contributed by atoms with E-state index in [1.54, 1.807) is 0 Å². The van der Waals surface area contributed by atoms with E-state index in [4.69, 9.17) is 0 Å². The van der Waals surface area contributed by atoms with Crippen molar-refractivity contribution in [1.82, 2.24) is 0 Å². The number of hydrogen-bond acceptors (Lipinski definition) is 3. The minimum atomic E-state index is -0.510. The second-order valence-corrected chi connectivity index (χ2v) is 9.24. The van der Waals surface area contributed by atoms with E-state index in [1.807, 2.05) is 0 Å². The van der Waals surface area contributed by atoms with E-state index in [-0.39, 0.29) is 23.4 Å². The number of aliphatic hydroxyl groups excluding tert-OH is 1. The predicted octanol–water partition coefficient (Wildman–Crippen LogP) is 2.93. The first kappa shape index (κ1) is 15.1. The lowest BCUT2D eigenvalue weighted by molar-refractivity contribution is -0.237. The third-order valence-electron chi connectivity index (χ3n) is 8.56. The predicted molar refractivity (Wildman–Crippen MR) is 84.2 cm³/mol. The first-order valence-corrected chi connectivity index (χ1v) is 9.21. The van der Waals surface area contributed by atoms with E-state index in [2.05, 4.69) is 13.8 Å². The number of carbonyl (C=O) groups excluding carboxylic acids is 1. The average molecular weight is 306 g/mol. The van der Waals surface area contributed by atoms with E-state index in [1.165, 1.54) is 6.42 Å². The molecule has 5 atom stereocenters. The van der Waals surface area contributed by atoms with E-state index in [0.29, 0.717) is 24.0 Å². The monoisotopic (exact) mass is 306 g/mol. The first-order valence-electron chi connectivity index (χ1n) is 9.21. The number of carbonyl (C=O) groups is 1. The molecule has 22 heavy (non-hydrogen) atoms. The van der Waals surface area contributed by atoms with Gasteiger partial charge in [0.2, 0.25) is 0 Å². The van der Waals surface area contributed by atoms with Crippen molar-refractivity contribution in [3.8, 4) is 0 Å². The van der Waals surface area contributed by atoms with Crippen LogP contribution in [0.3, 0.4) is 0 Å². The van der Waals surface area contributed by atoms with Gasteiger partial charge in [0.25, 0.3) is 0 Å². The Bertz CT molecular complexity index is 495. The van der Waals surface area contributed by atoms with Gasteiger partial charge in [-0.1, -0.05) is 13.8 Å². The molecule has 5 rings (SSSR count). The van der Waals surface area contributed by atoms with Crippen LogP contribution in [0.15, 0.2) is 0 Å². The zero-order valence-electron chi connectivity index (χ0n) is 14.0. The van der Waals surface area contributed by atoms with Crippen LogP contribution in [0.25, 0.3) is 0 Å². The molecule has 0 heterocycles. The Kier molecular flexibility index (Phi) is 3.14. The van der Waals surface area contributed by atoms with Gasteiger partial charge in [-0.25, -0.2) is 0 Å². The van der Waals surface area contributed by atoms with Crippen molar-refractivity contribution in [2.24, 2.45) is 34.5 Å². The topological polar surface area (TPSA) is 57.5 Å². The summed E-state index contributed by atoms with van der Waals surface area (Å²) in [5.41, 5.74) is -0.786. The van der Waals surface area contributed by atoms with Crippen molar-refractivity contribution in [2.45, 2.75) is 70.8 Å². The zero-order valence-corrected chi connectivity index (χ0v) is 14.0. The summed E-state index contributed by atoms with van der Waals surface area (Å²) in [4.78, 5) is 12.4. The number of rotatable bonds is 2. The van der Waals surface area contributed by atoms with E-state index in [9.17, 15) is 15.0 Å². The van der Waals surface area contributed by atoms with Crippen LogP contribution in [0.2, 0.25) is 0 Å². The van der Waals surface area contributed by atoms with E-state index < -0.39 is 5.60 Å². The Hall–Kier alpha value is -0.410. The highest BCUT2D eigenvalue weighted by molar-refractivity contribution is 5.87. The largest absolute Gasteiger partial charge is 0.396 e. The normalized spacial score (nSPS) is 57.4. The molecule has 3 heteroatoms. The Balaban J connectivity index is 1.67. The van der Waals surface area contributed by atoms with Crippen LogP contribution in [0.1, 0.15) is 65.2 Å². The fourth-order valence-electron chi connectivity index (χ4n) is 6.94. The summed E-state index contributed by atoms with van der Waals surface area (Å²) < 4.78 is 0. The van der Waals surface area contributed by atoms with Crippen molar-refractivity contribution in [1.29, 1.82) is 0 Å². The standard InChI is InChI=1S/C19H30O3/c1-17-7-6-15(13(11-20)14(17)3-4-16(17)21)18(2)8-5-12-9-19(18,22)10-12/h12-15,20,22H,3-11H2,1-2H3/t12?,13-,14+,15+,17+,18+,19?/m1/s1. The summed E-state index contributed by atoms with van der Waals surface area (Å²) in [6.45, 7) is 4.58. The number of aliphatic hydroxyl groups is 2. The van der Waals surface area contributed by atoms with E-state index >= 15 is 0 Å². The van der Waals surface area contributed by atoms with Crippen LogP contribution in [0, 0.1) is 34.5 Å². The number of ketones is 1. The van der Waals surface area contributed by atoms with Crippen LogP contribution in [-0.2, 0) is 4.79 Å². The smallest absolute Gasteiger partial charge is 0.139 e. The van der Waals surface area contributed by atoms with Crippen molar-refractivity contribution in [3.63, 3.8) is 0 Å². The summed E-state index contributed by atoms with van der Waals surface area (Å²) in [5.74, 6) is 2.02. The fourth-order valence-corrected chi connectivity index (χ4v) is 6.94. The van der Waals surface area contributed by atoms with Gasteiger partial charge in [-0.3, -0.25) is 4.79 Å². The SMILES string of the molecule is C[C@@]1([C@H]2CC[C@]3(C)C(=O)CC[C@H]3[C@H]2CO)CCC2CC1(O)C2. The molecule has 2 N–H and O–H groups in total. The van der Waals surface area contributed by atoms with Crippen LogP contribution in [0.4, 0.5) is 0 Å². The second kappa shape index (κ2) is 4.57. The van der Waals surface area contributed by atoms with Crippen molar-refractivity contribution < 1.29 is 15.0 Å². The maximum Gasteiger partial charge on any atom is 0.139 e. The highest BCUT2D eigenvalue weighted by Crippen LogP contribution is 2.67. The molecule has 0 radical (unpaired) electrons. The quantitative estimate of drug-likeness (QED) is 0.824. The van der Waals surface area contributed by atoms with Gasteiger partial charge in [0.15, 0.2) is 0 Å². The Morgan fingerprint density at radius 1 is 1.09 bits per heavy atom. The molecule has 0 amide bonds. The van der Waals surface area contributed by atoms with Crippen LogP contribution in [-0.4, -0.2) is 28.2 Å². The van der Waals surface area contributed by atoms with Gasteiger partial charge in [-0.15, -0.1) is 0 Å². The Labute approximate surface area is 133 Å². The molecule has 2 bridgehead atoms. The van der Waals surface area contributed by atoms with Crippen LogP contribution >= 0.6 is 0 Å². The summed E-state index contributed by atoms with van der Waals surface area (Å²) in [6, 6.07) is 0. The molecule has 0 aromatic carbocycles. The lowest BCUT2D eigenvalue weighted by Crippen LogP contribution is -2.65. The molecule has 0 aliphatic heterocycles. The zero-order chi connectivity index (χ0) is 15.8. The molecule has 5 saturated carbocycles. The minimum Gasteiger partial charge on any atom is -0.396 e. The molecule has 0 unspecified atom stereocenters. The second-order valence-electron chi connectivity index (χ2n) is 9.24. The molecule has 0 saturated heterocycles. The molecule has 0 spiro atoms. The molecule has 5 aliphatic rings. The molecular formula is C19H30O3. The maximum atomic E-state index is 12.4. The third-order valence-corrected chi connectivity index (χ3v) is 8.56. The van der Waals surface area contributed by atoms with Gasteiger partial charge >= 0.3 is 0 Å². The number of fused-ring (bicyclic) bond motifs is 3. The van der Waals surface area contributed by atoms with Gasteiger partial charge in [-0.05, 0) is 74.0 Å². The highest BCUT2D eigenvalue weighted by Gasteiger charge is 2.65. The summed E-state index contributed by atoms with van der Waals surface area (Å²) in [6.07, 6.45) is 7.81. The first-order chi connectivity index (χ1) is 10.3.